The molecule has 0 unspecified atom stereocenters. The molecule has 2 aromatic rings. The smallest absolute Gasteiger partial charge is 0.269 e. The first-order valence-electron chi connectivity index (χ1n) is 5.94. The molecule has 2 aromatic heterocycles. The zero-order valence-corrected chi connectivity index (χ0v) is 11.4. The van der Waals surface area contributed by atoms with Crippen LogP contribution in [0.1, 0.15) is 21.6 Å². The minimum absolute atomic E-state index is 0.0399. The van der Waals surface area contributed by atoms with Crippen LogP contribution >= 0.6 is 11.3 Å². The Morgan fingerprint density at radius 1 is 1.45 bits per heavy atom. The molecule has 0 saturated carbocycles. The van der Waals surface area contributed by atoms with Gasteiger partial charge in [0.25, 0.3) is 5.91 Å². The topological polar surface area (TPSA) is 101 Å². The van der Waals surface area contributed by atoms with Crippen molar-refractivity contribution in [3.63, 3.8) is 0 Å². The van der Waals surface area contributed by atoms with Crippen LogP contribution in [0.15, 0.2) is 40.3 Å². The summed E-state index contributed by atoms with van der Waals surface area (Å²) in [5.74, 6) is -0.284. The van der Waals surface area contributed by atoms with E-state index in [1.807, 2.05) is 11.4 Å². The van der Waals surface area contributed by atoms with Gasteiger partial charge in [0.2, 0.25) is 0 Å². The Morgan fingerprint density at radius 3 is 2.90 bits per heavy atom. The van der Waals surface area contributed by atoms with Crippen molar-refractivity contribution in [2.24, 2.45) is 10.9 Å². The van der Waals surface area contributed by atoms with Crippen LogP contribution in [-0.4, -0.2) is 28.5 Å². The quantitative estimate of drug-likeness (QED) is 0.333. The number of nitrogens with two attached hydrogens (primary N) is 1. The number of hydrogen-bond acceptors (Lipinski definition) is 5. The van der Waals surface area contributed by atoms with Crippen molar-refractivity contribution in [1.29, 1.82) is 0 Å². The summed E-state index contributed by atoms with van der Waals surface area (Å²) in [6, 6.07) is 5.14. The zero-order chi connectivity index (χ0) is 14.4. The number of amides is 1. The molecule has 1 amide bonds. The number of oxime groups is 1. The fourth-order valence-corrected chi connectivity index (χ4v) is 2.29. The highest BCUT2D eigenvalue weighted by Crippen LogP contribution is 2.06. The van der Waals surface area contributed by atoms with Crippen LogP contribution in [0.25, 0.3) is 0 Å². The molecule has 0 aliphatic heterocycles. The summed E-state index contributed by atoms with van der Waals surface area (Å²) >= 11 is 1.63. The van der Waals surface area contributed by atoms with Gasteiger partial charge in [-0.1, -0.05) is 5.16 Å². The Bertz CT molecular complexity index is 593. The predicted octanol–water partition coefficient (Wildman–Crippen LogP) is 1.21. The Kier molecular flexibility index (Phi) is 4.67. The Morgan fingerprint density at radius 2 is 2.30 bits per heavy atom. The van der Waals surface area contributed by atoms with Gasteiger partial charge in [-0.3, -0.25) is 9.78 Å². The van der Waals surface area contributed by atoms with Crippen LogP contribution in [0.3, 0.4) is 0 Å². The van der Waals surface area contributed by atoms with Gasteiger partial charge in [-0.25, -0.2) is 0 Å². The van der Waals surface area contributed by atoms with E-state index in [-0.39, 0.29) is 11.7 Å². The third kappa shape index (κ3) is 3.55. The maximum Gasteiger partial charge on any atom is 0.269 e. The molecule has 0 fully saturated rings. The molecule has 0 atom stereocenters. The number of thiophene rings is 1. The second-order valence-corrected chi connectivity index (χ2v) is 4.83. The SMILES string of the molecule is NC(=NO)c1ccc(C(=O)NCCc2ccsc2)nc1. The van der Waals surface area contributed by atoms with Gasteiger partial charge in [0.05, 0.1) is 0 Å². The third-order valence-corrected chi connectivity index (χ3v) is 3.41. The van der Waals surface area contributed by atoms with E-state index in [2.05, 4.69) is 20.8 Å². The second-order valence-electron chi connectivity index (χ2n) is 4.05. The van der Waals surface area contributed by atoms with Crippen molar-refractivity contribution in [3.05, 3.63) is 52.0 Å². The Labute approximate surface area is 120 Å². The van der Waals surface area contributed by atoms with Gasteiger partial charge in [-0.2, -0.15) is 11.3 Å². The zero-order valence-electron chi connectivity index (χ0n) is 10.6. The number of nitrogens with one attached hydrogen (secondary N) is 1. The van der Waals surface area contributed by atoms with E-state index in [0.717, 1.165) is 6.42 Å². The number of pyridine rings is 1. The number of carbonyl (C=O) groups is 1. The van der Waals surface area contributed by atoms with Crippen molar-refractivity contribution in [1.82, 2.24) is 10.3 Å². The van der Waals surface area contributed by atoms with Crippen molar-refractivity contribution in [2.45, 2.75) is 6.42 Å². The molecule has 4 N–H and O–H groups in total. The normalized spacial score (nSPS) is 11.3. The van der Waals surface area contributed by atoms with E-state index in [9.17, 15) is 4.79 Å². The summed E-state index contributed by atoms with van der Waals surface area (Å²) in [7, 11) is 0. The van der Waals surface area contributed by atoms with E-state index in [4.69, 9.17) is 10.9 Å². The van der Waals surface area contributed by atoms with E-state index in [1.54, 1.807) is 17.4 Å². The largest absolute Gasteiger partial charge is 0.409 e. The Balaban J connectivity index is 1.89. The summed E-state index contributed by atoms with van der Waals surface area (Å²) in [5.41, 5.74) is 7.37. The summed E-state index contributed by atoms with van der Waals surface area (Å²) in [6.45, 7) is 0.555. The molecule has 2 heterocycles. The summed E-state index contributed by atoms with van der Waals surface area (Å²) < 4.78 is 0. The first-order chi connectivity index (χ1) is 9.70. The van der Waals surface area contributed by atoms with Crippen LogP contribution in [-0.2, 0) is 6.42 Å². The molecule has 0 spiro atoms. The average Bonchev–Trinajstić information content (AvgIpc) is 2.99. The lowest BCUT2D eigenvalue weighted by atomic mass is 10.2. The van der Waals surface area contributed by atoms with Gasteiger partial charge in [0.15, 0.2) is 5.84 Å². The predicted molar refractivity (Wildman–Crippen MR) is 77.1 cm³/mol. The van der Waals surface area contributed by atoms with Crippen molar-refractivity contribution < 1.29 is 10.0 Å². The highest BCUT2D eigenvalue weighted by atomic mass is 32.1. The first kappa shape index (κ1) is 14.0. The maximum absolute atomic E-state index is 11.8. The minimum atomic E-state index is -0.244. The molecule has 0 aliphatic rings. The second kappa shape index (κ2) is 6.67. The van der Waals surface area contributed by atoms with E-state index >= 15 is 0 Å². The van der Waals surface area contributed by atoms with E-state index in [1.165, 1.54) is 17.8 Å². The molecule has 104 valence electrons. The molecule has 0 saturated heterocycles. The molecular formula is C13H14N4O2S. The first-order valence-corrected chi connectivity index (χ1v) is 6.88. The summed E-state index contributed by atoms with van der Waals surface area (Å²) in [4.78, 5) is 15.8. The van der Waals surface area contributed by atoms with Crippen LogP contribution in [0.4, 0.5) is 0 Å². The number of hydrogen-bond donors (Lipinski definition) is 3. The number of amidine groups is 1. The standard InChI is InChI=1S/C13H14N4O2S/c14-12(17-19)10-1-2-11(16-7-10)13(18)15-5-3-9-4-6-20-8-9/h1-2,4,6-8,19H,3,5H2,(H2,14,17)(H,15,18). The molecule has 2 rings (SSSR count). The molecule has 20 heavy (non-hydrogen) atoms. The number of nitrogens with zero attached hydrogens (tertiary/aromatic N) is 2. The van der Waals surface area contributed by atoms with E-state index < -0.39 is 0 Å². The Hall–Kier alpha value is -2.41. The van der Waals surface area contributed by atoms with Crippen LogP contribution in [0.5, 0.6) is 0 Å². The number of carbonyl (C=O) groups excluding carboxylic acids is 1. The number of aromatic nitrogens is 1. The molecule has 6 nitrogen and oxygen atoms in total. The maximum atomic E-state index is 11.8. The molecular weight excluding hydrogens is 276 g/mol. The monoisotopic (exact) mass is 290 g/mol. The summed E-state index contributed by atoms with van der Waals surface area (Å²) in [5, 5.41) is 18.2. The average molecular weight is 290 g/mol. The van der Waals surface area contributed by atoms with Gasteiger partial charge in [0.1, 0.15) is 5.69 Å². The van der Waals surface area contributed by atoms with Crippen molar-refractivity contribution in [2.75, 3.05) is 6.54 Å². The molecule has 0 aromatic carbocycles. The third-order valence-electron chi connectivity index (χ3n) is 2.68. The van der Waals surface area contributed by atoms with Crippen molar-refractivity contribution >= 4 is 23.1 Å². The van der Waals surface area contributed by atoms with Gasteiger partial charge >= 0.3 is 0 Å². The number of rotatable bonds is 5. The van der Waals surface area contributed by atoms with Crippen LogP contribution < -0.4 is 11.1 Å². The molecule has 0 bridgehead atoms. The summed E-state index contributed by atoms with van der Waals surface area (Å²) in [6.07, 6.45) is 2.18. The van der Waals surface area contributed by atoms with Gasteiger partial charge in [0, 0.05) is 18.3 Å². The fraction of sp³-hybridized carbons (Fsp3) is 0.154. The lowest BCUT2D eigenvalue weighted by molar-refractivity contribution is 0.0949. The molecule has 0 radical (unpaired) electrons. The molecule has 7 heteroatoms. The molecule has 0 aliphatic carbocycles. The van der Waals surface area contributed by atoms with Crippen LogP contribution in [0, 0.1) is 0 Å². The van der Waals surface area contributed by atoms with Crippen LogP contribution in [0.2, 0.25) is 0 Å². The van der Waals surface area contributed by atoms with Gasteiger partial charge in [-0.05, 0) is 40.9 Å². The lowest BCUT2D eigenvalue weighted by Crippen LogP contribution is -2.26. The highest BCUT2D eigenvalue weighted by Gasteiger charge is 2.07. The van der Waals surface area contributed by atoms with Gasteiger partial charge < -0.3 is 16.3 Å². The van der Waals surface area contributed by atoms with Crippen molar-refractivity contribution in [3.8, 4) is 0 Å². The fourth-order valence-electron chi connectivity index (χ4n) is 1.58. The lowest BCUT2D eigenvalue weighted by Gasteiger charge is -2.04. The highest BCUT2D eigenvalue weighted by molar-refractivity contribution is 7.07. The van der Waals surface area contributed by atoms with E-state index in [0.29, 0.717) is 17.8 Å². The minimum Gasteiger partial charge on any atom is -0.409 e. The van der Waals surface area contributed by atoms with Gasteiger partial charge in [-0.15, -0.1) is 0 Å².